The summed E-state index contributed by atoms with van der Waals surface area (Å²) in [6.45, 7) is 5.48. The van der Waals surface area contributed by atoms with Crippen molar-refractivity contribution in [3.8, 4) is 0 Å². The normalized spacial score (nSPS) is 28.8. The van der Waals surface area contributed by atoms with Crippen LogP contribution in [-0.4, -0.2) is 24.2 Å². The van der Waals surface area contributed by atoms with E-state index in [1.165, 1.54) is 25.7 Å². The van der Waals surface area contributed by atoms with Crippen LogP contribution in [0.25, 0.3) is 0 Å². The van der Waals surface area contributed by atoms with Gasteiger partial charge in [0.2, 0.25) is 5.91 Å². The van der Waals surface area contributed by atoms with Crippen LogP contribution >= 0.6 is 0 Å². The molecule has 0 heterocycles. The Labute approximate surface area is 129 Å². The molecule has 0 radical (unpaired) electrons. The first-order valence-electron chi connectivity index (χ1n) is 8.96. The maximum atomic E-state index is 12.8. The van der Waals surface area contributed by atoms with Crippen molar-refractivity contribution in [3.63, 3.8) is 0 Å². The van der Waals surface area contributed by atoms with E-state index in [2.05, 4.69) is 19.2 Å². The highest BCUT2D eigenvalue weighted by atomic mass is 16.3. The Bertz CT molecular complexity index is 334. The van der Waals surface area contributed by atoms with Gasteiger partial charge in [0, 0.05) is 18.6 Å². The molecule has 122 valence electrons. The van der Waals surface area contributed by atoms with Crippen LogP contribution in [0.1, 0.15) is 71.6 Å². The number of amides is 1. The molecule has 0 saturated heterocycles. The third-order valence-electron chi connectivity index (χ3n) is 5.67. The molecule has 21 heavy (non-hydrogen) atoms. The molecule has 0 aliphatic heterocycles. The number of aliphatic hydroxyl groups is 1. The minimum absolute atomic E-state index is 0.0997. The summed E-state index contributed by atoms with van der Waals surface area (Å²) in [5.74, 6) is 1.73. The standard InChI is InChI=1S/C18H33NO2/c1-14(2)11-18(9-5-6-10-18)17(21)19-12-15-7-3-4-8-16(15)13-20/h14-16,20H,3-13H2,1-2H3,(H,19,21). The first kappa shape index (κ1) is 16.8. The Morgan fingerprint density at radius 3 is 2.33 bits per heavy atom. The zero-order valence-electron chi connectivity index (χ0n) is 13.9. The molecule has 3 heteroatoms. The Morgan fingerprint density at radius 1 is 1.14 bits per heavy atom. The second-order valence-electron chi connectivity index (χ2n) is 7.78. The maximum absolute atomic E-state index is 12.8. The number of aliphatic hydroxyl groups excluding tert-OH is 1. The van der Waals surface area contributed by atoms with Gasteiger partial charge in [0.15, 0.2) is 0 Å². The Hall–Kier alpha value is -0.570. The van der Waals surface area contributed by atoms with Gasteiger partial charge in [-0.3, -0.25) is 4.79 Å². The van der Waals surface area contributed by atoms with E-state index in [-0.39, 0.29) is 17.9 Å². The lowest BCUT2D eigenvalue weighted by molar-refractivity contribution is -0.132. The molecule has 2 saturated carbocycles. The number of hydrogen-bond acceptors (Lipinski definition) is 2. The fourth-order valence-electron chi connectivity index (χ4n) is 4.56. The smallest absolute Gasteiger partial charge is 0.226 e. The molecule has 2 N–H and O–H groups in total. The van der Waals surface area contributed by atoms with Gasteiger partial charge >= 0.3 is 0 Å². The molecule has 2 aliphatic carbocycles. The summed E-state index contributed by atoms with van der Waals surface area (Å²) in [7, 11) is 0. The first-order valence-corrected chi connectivity index (χ1v) is 8.96. The van der Waals surface area contributed by atoms with E-state index in [1.807, 2.05) is 0 Å². The van der Waals surface area contributed by atoms with E-state index in [0.717, 1.165) is 38.6 Å². The number of carbonyl (C=O) groups is 1. The molecule has 0 aromatic rings. The van der Waals surface area contributed by atoms with Crippen molar-refractivity contribution >= 4 is 5.91 Å². The van der Waals surface area contributed by atoms with Gasteiger partial charge in [-0.05, 0) is 49.9 Å². The van der Waals surface area contributed by atoms with Crippen molar-refractivity contribution in [1.29, 1.82) is 0 Å². The minimum Gasteiger partial charge on any atom is -0.396 e. The van der Waals surface area contributed by atoms with Crippen molar-refractivity contribution in [2.24, 2.45) is 23.2 Å². The average Bonchev–Trinajstić information content (AvgIpc) is 2.94. The topological polar surface area (TPSA) is 49.3 Å². The monoisotopic (exact) mass is 295 g/mol. The van der Waals surface area contributed by atoms with Crippen LogP contribution in [0.4, 0.5) is 0 Å². The van der Waals surface area contributed by atoms with Gasteiger partial charge in [0.25, 0.3) is 0 Å². The molecular formula is C18H33NO2. The third kappa shape index (κ3) is 4.21. The summed E-state index contributed by atoms with van der Waals surface area (Å²) in [6, 6.07) is 0. The Morgan fingerprint density at radius 2 is 1.76 bits per heavy atom. The Balaban J connectivity index is 1.90. The summed E-state index contributed by atoms with van der Waals surface area (Å²) >= 11 is 0. The fourth-order valence-corrected chi connectivity index (χ4v) is 4.56. The average molecular weight is 295 g/mol. The lowest BCUT2D eigenvalue weighted by Gasteiger charge is -2.33. The second kappa shape index (κ2) is 7.62. The summed E-state index contributed by atoms with van der Waals surface area (Å²) < 4.78 is 0. The lowest BCUT2D eigenvalue weighted by atomic mass is 9.76. The second-order valence-corrected chi connectivity index (χ2v) is 7.78. The van der Waals surface area contributed by atoms with Crippen LogP contribution < -0.4 is 5.32 Å². The molecule has 2 aliphatic rings. The van der Waals surface area contributed by atoms with Crippen molar-refractivity contribution < 1.29 is 9.90 Å². The predicted molar refractivity (Wildman–Crippen MR) is 85.9 cm³/mol. The number of carbonyl (C=O) groups excluding carboxylic acids is 1. The molecule has 2 rings (SSSR count). The molecule has 1 amide bonds. The highest BCUT2D eigenvalue weighted by Crippen LogP contribution is 2.43. The van der Waals surface area contributed by atoms with Crippen LogP contribution in [0.5, 0.6) is 0 Å². The zero-order valence-corrected chi connectivity index (χ0v) is 13.9. The molecule has 2 unspecified atom stereocenters. The zero-order chi connectivity index (χ0) is 15.3. The van der Waals surface area contributed by atoms with E-state index in [4.69, 9.17) is 0 Å². The highest BCUT2D eigenvalue weighted by molar-refractivity contribution is 5.82. The van der Waals surface area contributed by atoms with Gasteiger partial charge in [-0.25, -0.2) is 0 Å². The van der Waals surface area contributed by atoms with E-state index in [1.54, 1.807) is 0 Å². The van der Waals surface area contributed by atoms with Crippen molar-refractivity contribution in [2.45, 2.75) is 71.6 Å². The number of hydrogen-bond donors (Lipinski definition) is 2. The van der Waals surface area contributed by atoms with Crippen LogP contribution in [0.15, 0.2) is 0 Å². The van der Waals surface area contributed by atoms with Gasteiger partial charge in [-0.1, -0.05) is 39.5 Å². The summed E-state index contributed by atoms with van der Waals surface area (Å²) in [6.07, 6.45) is 10.3. The predicted octanol–water partition coefficient (Wildman–Crippen LogP) is 3.51. The van der Waals surface area contributed by atoms with Crippen LogP contribution in [0, 0.1) is 23.2 Å². The van der Waals surface area contributed by atoms with E-state index in [0.29, 0.717) is 17.8 Å². The number of rotatable bonds is 6. The quantitative estimate of drug-likeness (QED) is 0.788. The molecular weight excluding hydrogens is 262 g/mol. The van der Waals surface area contributed by atoms with Gasteiger partial charge in [-0.15, -0.1) is 0 Å². The first-order chi connectivity index (χ1) is 10.1. The van der Waals surface area contributed by atoms with Crippen molar-refractivity contribution in [3.05, 3.63) is 0 Å². The van der Waals surface area contributed by atoms with Crippen LogP contribution in [0.2, 0.25) is 0 Å². The lowest BCUT2D eigenvalue weighted by Crippen LogP contribution is -2.43. The SMILES string of the molecule is CC(C)CC1(C(=O)NCC2CCCCC2CO)CCCC1. The molecule has 0 bridgehead atoms. The third-order valence-corrected chi connectivity index (χ3v) is 5.67. The summed E-state index contributed by atoms with van der Waals surface area (Å²) in [5.41, 5.74) is -0.0997. The van der Waals surface area contributed by atoms with Gasteiger partial charge < -0.3 is 10.4 Å². The summed E-state index contributed by atoms with van der Waals surface area (Å²) in [5, 5.41) is 12.7. The van der Waals surface area contributed by atoms with Gasteiger partial charge in [-0.2, -0.15) is 0 Å². The van der Waals surface area contributed by atoms with Gasteiger partial charge in [0.1, 0.15) is 0 Å². The molecule has 0 aromatic heterocycles. The van der Waals surface area contributed by atoms with E-state index in [9.17, 15) is 9.90 Å². The van der Waals surface area contributed by atoms with Gasteiger partial charge in [0.05, 0.1) is 0 Å². The minimum atomic E-state index is -0.0997. The largest absolute Gasteiger partial charge is 0.396 e. The highest BCUT2D eigenvalue weighted by Gasteiger charge is 2.41. The molecule has 2 fully saturated rings. The number of nitrogens with one attached hydrogen (secondary N) is 1. The molecule has 0 spiro atoms. The molecule has 2 atom stereocenters. The van der Waals surface area contributed by atoms with Crippen LogP contribution in [-0.2, 0) is 4.79 Å². The van der Waals surface area contributed by atoms with Crippen LogP contribution in [0.3, 0.4) is 0 Å². The van der Waals surface area contributed by atoms with E-state index >= 15 is 0 Å². The van der Waals surface area contributed by atoms with Crippen molar-refractivity contribution in [1.82, 2.24) is 5.32 Å². The molecule has 3 nitrogen and oxygen atoms in total. The Kier molecular flexibility index (Phi) is 6.09. The maximum Gasteiger partial charge on any atom is 0.226 e. The fraction of sp³-hybridized carbons (Fsp3) is 0.944. The molecule has 0 aromatic carbocycles. The summed E-state index contributed by atoms with van der Waals surface area (Å²) in [4.78, 5) is 12.8. The van der Waals surface area contributed by atoms with Crippen molar-refractivity contribution in [2.75, 3.05) is 13.2 Å². The van der Waals surface area contributed by atoms with E-state index < -0.39 is 0 Å².